The fourth-order valence-electron chi connectivity index (χ4n) is 3.82. The van der Waals surface area contributed by atoms with E-state index in [0.717, 1.165) is 49.0 Å². The highest BCUT2D eigenvalue weighted by atomic mass is 16.2. The van der Waals surface area contributed by atoms with Gasteiger partial charge in [0.25, 0.3) is 0 Å². The van der Waals surface area contributed by atoms with E-state index >= 15 is 0 Å². The summed E-state index contributed by atoms with van der Waals surface area (Å²) in [5, 5.41) is 2.96. The highest BCUT2D eigenvalue weighted by Crippen LogP contribution is 2.19. The van der Waals surface area contributed by atoms with E-state index in [-0.39, 0.29) is 23.9 Å². The molecule has 6 nitrogen and oxygen atoms in total. The van der Waals surface area contributed by atoms with E-state index in [1.165, 1.54) is 0 Å². The van der Waals surface area contributed by atoms with Crippen molar-refractivity contribution in [3.63, 3.8) is 0 Å². The van der Waals surface area contributed by atoms with Crippen LogP contribution in [0, 0.1) is 0 Å². The van der Waals surface area contributed by atoms with Crippen molar-refractivity contribution in [2.45, 2.75) is 91.8 Å². The molecule has 0 aliphatic heterocycles. The molecule has 1 heterocycles. The molecular weight excluding hydrogens is 376 g/mol. The first kappa shape index (κ1) is 23.9. The Morgan fingerprint density at radius 1 is 1.10 bits per heavy atom. The SMILES string of the molecule is CCCC(=O)NCCCc1nc2ccccc2n1CC(=O)N(C(C)CC)C(C)CC. The van der Waals surface area contributed by atoms with E-state index in [1.54, 1.807) is 0 Å². The van der Waals surface area contributed by atoms with E-state index in [4.69, 9.17) is 4.98 Å². The molecule has 6 heteroatoms. The average Bonchev–Trinajstić information content (AvgIpc) is 3.08. The first-order chi connectivity index (χ1) is 14.4. The smallest absolute Gasteiger partial charge is 0.243 e. The summed E-state index contributed by atoms with van der Waals surface area (Å²) in [4.78, 5) is 31.8. The Morgan fingerprint density at radius 3 is 2.40 bits per heavy atom. The zero-order valence-electron chi connectivity index (χ0n) is 19.3. The lowest BCUT2D eigenvalue weighted by Gasteiger charge is -2.34. The summed E-state index contributed by atoms with van der Waals surface area (Å²) in [5.41, 5.74) is 1.90. The van der Waals surface area contributed by atoms with Crippen molar-refractivity contribution in [3.8, 4) is 0 Å². The number of hydrogen-bond acceptors (Lipinski definition) is 3. The van der Waals surface area contributed by atoms with Gasteiger partial charge in [0.2, 0.25) is 11.8 Å². The van der Waals surface area contributed by atoms with Crippen LogP contribution in [-0.2, 0) is 22.6 Å². The van der Waals surface area contributed by atoms with Crippen molar-refractivity contribution in [1.29, 1.82) is 0 Å². The summed E-state index contributed by atoms with van der Waals surface area (Å²) in [6, 6.07) is 8.39. The van der Waals surface area contributed by atoms with Crippen LogP contribution in [0.3, 0.4) is 0 Å². The van der Waals surface area contributed by atoms with Crippen LogP contribution in [0.15, 0.2) is 24.3 Å². The van der Waals surface area contributed by atoms with Gasteiger partial charge in [0.05, 0.1) is 11.0 Å². The lowest BCUT2D eigenvalue weighted by atomic mass is 10.1. The predicted octanol–water partition coefficient (Wildman–Crippen LogP) is 4.31. The highest BCUT2D eigenvalue weighted by molar-refractivity contribution is 5.81. The van der Waals surface area contributed by atoms with Gasteiger partial charge in [0.15, 0.2) is 0 Å². The van der Waals surface area contributed by atoms with Crippen LogP contribution in [-0.4, -0.2) is 44.9 Å². The Morgan fingerprint density at radius 2 is 1.77 bits per heavy atom. The van der Waals surface area contributed by atoms with Crippen molar-refractivity contribution in [3.05, 3.63) is 30.1 Å². The summed E-state index contributed by atoms with van der Waals surface area (Å²) in [5.74, 6) is 1.14. The number of para-hydroxylation sites is 2. The summed E-state index contributed by atoms with van der Waals surface area (Å²) >= 11 is 0. The number of carbonyl (C=O) groups excluding carboxylic acids is 2. The number of rotatable bonds is 12. The second-order valence-electron chi connectivity index (χ2n) is 8.12. The molecule has 0 radical (unpaired) electrons. The average molecular weight is 415 g/mol. The van der Waals surface area contributed by atoms with E-state index in [2.05, 4.69) is 37.6 Å². The third-order valence-electron chi connectivity index (χ3n) is 5.82. The highest BCUT2D eigenvalue weighted by Gasteiger charge is 2.25. The van der Waals surface area contributed by atoms with Gasteiger partial charge in [-0.15, -0.1) is 0 Å². The zero-order chi connectivity index (χ0) is 22.1. The number of aryl methyl sites for hydroxylation is 1. The Labute approximate surface area is 181 Å². The van der Waals surface area contributed by atoms with Crippen molar-refractivity contribution in [2.24, 2.45) is 0 Å². The molecule has 2 rings (SSSR count). The van der Waals surface area contributed by atoms with Crippen molar-refractivity contribution >= 4 is 22.8 Å². The molecule has 0 saturated carbocycles. The van der Waals surface area contributed by atoms with Crippen LogP contribution in [0.4, 0.5) is 0 Å². The monoisotopic (exact) mass is 414 g/mol. The molecule has 0 bridgehead atoms. The van der Waals surface area contributed by atoms with Crippen molar-refractivity contribution < 1.29 is 9.59 Å². The number of hydrogen-bond donors (Lipinski definition) is 1. The number of nitrogens with one attached hydrogen (secondary N) is 1. The number of imidazole rings is 1. The van der Waals surface area contributed by atoms with Crippen LogP contribution in [0.5, 0.6) is 0 Å². The van der Waals surface area contributed by atoms with E-state index in [9.17, 15) is 9.59 Å². The molecule has 1 aromatic heterocycles. The topological polar surface area (TPSA) is 67.2 Å². The Kier molecular flexibility index (Phi) is 9.34. The fourth-order valence-corrected chi connectivity index (χ4v) is 3.82. The van der Waals surface area contributed by atoms with Crippen LogP contribution in [0.1, 0.15) is 72.5 Å². The standard InChI is InChI=1S/C24H38N4O2/c1-6-12-23(29)25-16-11-15-22-26-20-13-9-10-14-21(20)27(22)17-24(30)28(18(4)7-2)19(5)8-3/h9-10,13-14,18-19H,6-8,11-12,15-17H2,1-5H3,(H,25,29). The lowest BCUT2D eigenvalue weighted by molar-refractivity contribution is -0.136. The minimum Gasteiger partial charge on any atom is -0.356 e. The number of benzene rings is 1. The molecule has 1 N–H and O–H groups in total. The molecular formula is C24H38N4O2. The lowest BCUT2D eigenvalue weighted by Crippen LogP contribution is -2.45. The Balaban J connectivity index is 2.19. The van der Waals surface area contributed by atoms with Gasteiger partial charge < -0.3 is 14.8 Å². The molecule has 166 valence electrons. The molecule has 30 heavy (non-hydrogen) atoms. The van der Waals surface area contributed by atoms with Crippen LogP contribution >= 0.6 is 0 Å². The minimum absolute atomic E-state index is 0.0962. The fraction of sp³-hybridized carbons (Fsp3) is 0.625. The maximum atomic E-state index is 13.3. The van der Waals surface area contributed by atoms with Gasteiger partial charge in [-0.2, -0.15) is 0 Å². The van der Waals surface area contributed by atoms with Gasteiger partial charge in [-0.1, -0.05) is 32.9 Å². The van der Waals surface area contributed by atoms with Gasteiger partial charge in [0.1, 0.15) is 12.4 Å². The quantitative estimate of drug-likeness (QED) is 0.526. The predicted molar refractivity (Wildman–Crippen MR) is 122 cm³/mol. The second-order valence-corrected chi connectivity index (χ2v) is 8.12. The molecule has 2 unspecified atom stereocenters. The Hall–Kier alpha value is -2.37. The van der Waals surface area contributed by atoms with Crippen LogP contribution in [0.2, 0.25) is 0 Å². The third kappa shape index (κ3) is 6.07. The maximum absolute atomic E-state index is 13.3. The van der Waals surface area contributed by atoms with Crippen LogP contribution < -0.4 is 5.32 Å². The maximum Gasteiger partial charge on any atom is 0.243 e. The largest absolute Gasteiger partial charge is 0.356 e. The number of aromatic nitrogens is 2. The number of amides is 2. The zero-order valence-corrected chi connectivity index (χ0v) is 19.3. The first-order valence-electron chi connectivity index (χ1n) is 11.4. The number of fused-ring (bicyclic) bond motifs is 1. The molecule has 0 saturated heterocycles. The van der Waals surface area contributed by atoms with Gasteiger partial charge >= 0.3 is 0 Å². The molecule has 0 spiro atoms. The van der Waals surface area contributed by atoms with Gasteiger partial charge in [0, 0.05) is 31.5 Å². The molecule has 0 aliphatic carbocycles. The van der Waals surface area contributed by atoms with E-state index in [0.29, 0.717) is 19.5 Å². The Bertz CT molecular complexity index is 820. The van der Waals surface area contributed by atoms with Gasteiger partial charge in [-0.25, -0.2) is 4.98 Å². The summed E-state index contributed by atoms with van der Waals surface area (Å²) in [7, 11) is 0. The van der Waals surface area contributed by atoms with E-state index < -0.39 is 0 Å². The van der Waals surface area contributed by atoms with Gasteiger partial charge in [-0.3, -0.25) is 9.59 Å². The minimum atomic E-state index is 0.0962. The van der Waals surface area contributed by atoms with E-state index in [1.807, 2.05) is 36.1 Å². The normalized spacial score (nSPS) is 13.2. The molecule has 2 aromatic rings. The number of nitrogens with zero attached hydrogens (tertiary/aromatic N) is 3. The summed E-state index contributed by atoms with van der Waals surface area (Å²) in [6.07, 6.45) is 4.81. The van der Waals surface area contributed by atoms with Gasteiger partial charge in [-0.05, 0) is 51.7 Å². The molecule has 2 atom stereocenters. The molecule has 0 fully saturated rings. The number of carbonyl (C=O) groups is 2. The first-order valence-corrected chi connectivity index (χ1v) is 11.4. The molecule has 0 aliphatic rings. The summed E-state index contributed by atoms with van der Waals surface area (Å²) in [6.45, 7) is 11.4. The second kappa shape index (κ2) is 11.7. The molecule has 2 amide bonds. The molecule has 1 aromatic carbocycles. The van der Waals surface area contributed by atoms with Crippen LogP contribution in [0.25, 0.3) is 11.0 Å². The van der Waals surface area contributed by atoms with Crippen molar-refractivity contribution in [1.82, 2.24) is 19.8 Å². The third-order valence-corrected chi connectivity index (χ3v) is 5.82. The van der Waals surface area contributed by atoms with Crippen molar-refractivity contribution in [2.75, 3.05) is 6.54 Å². The summed E-state index contributed by atoms with van der Waals surface area (Å²) < 4.78 is 2.06.